The number of halogens is 3. The Labute approximate surface area is 121 Å². The predicted octanol–water partition coefficient (Wildman–Crippen LogP) is 5.00. The number of rotatable bonds is 2. The molecule has 0 radical (unpaired) electrons. The molecule has 0 saturated carbocycles. The van der Waals surface area contributed by atoms with Gasteiger partial charge >= 0.3 is 0 Å². The molecule has 1 unspecified atom stereocenters. The van der Waals surface area contributed by atoms with Crippen LogP contribution in [0.2, 0.25) is 15.1 Å². The second-order valence-corrected chi connectivity index (χ2v) is 5.42. The van der Waals surface area contributed by atoms with Crippen LogP contribution in [-0.4, -0.2) is 0 Å². The van der Waals surface area contributed by atoms with E-state index in [1.807, 2.05) is 31.2 Å². The second kappa shape index (κ2) is 5.50. The summed E-state index contributed by atoms with van der Waals surface area (Å²) < 4.78 is 0. The maximum Gasteiger partial charge on any atom is 0.0569 e. The van der Waals surface area contributed by atoms with Crippen LogP contribution in [0.1, 0.15) is 22.7 Å². The van der Waals surface area contributed by atoms with E-state index >= 15 is 0 Å². The molecule has 0 bridgehead atoms. The highest BCUT2D eigenvalue weighted by atomic mass is 35.5. The van der Waals surface area contributed by atoms with Crippen LogP contribution in [0.25, 0.3) is 0 Å². The molecule has 0 aliphatic heterocycles. The van der Waals surface area contributed by atoms with Crippen molar-refractivity contribution in [3.63, 3.8) is 0 Å². The lowest BCUT2D eigenvalue weighted by Gasteiger charge is -2.17. The summed E-state index contributed by atoms with van der Waals surface area (Å²) in [6, 6.07) is 10.7. The van der Waals surface area contributed by atoms with Gasteiger partial charge in [-0.2, -0.15) is 0 Å². The molecule has 0 heterocycles. The average Bonchev–Trinajstić information content (AvgIpc) is 2.31. The molecule has 94 valence electrons. The van der Waals surface area contributed by atoms with E-state index in [4.69, 9.17) is 40.5 Å². The number of benzene rings is 2. The lowest BCUT2D eigenvalue weighted by atomic mass is 9.96. The molecule has 1 nitrogen and oxygen atoms in total. The molecule has 2 N–H and O–H groups in total. The molecule has 2 aromatic rings. The second-order valence-electron chi connectivity index (χ2n) is 4.14. The molecule has 0 amide bonds. The molecule has 1 atom stereocenters. The molecule has 18 heavy (non-hydrogen) atoms. The van der Waals surface area contributed by atoms with Gasteiger partial charge in [0.25, 0.3) is 0 Å². The SMILES string of the molecule is Cc1ccc(Cl)cc1C(N)c1ccc(Cl)cc1Cl. The van der Waals surface area contributed by atoms with E-state index in [-0.39, 0.29) is 6.04 Å². The Morgan fingerprint density at radius 3 is 2.17 bits per heavy atom. The Bertz CT molecular complexity index is 581. The molecule has 0 aromatic heterocycles. The first-order chi connectivity index (χ1) is 8.49. The van der Waals surface area contributed by atoms with E-state index in [1.54, 1.807) is 12.1 Å². The van der Waals surface area contributed by atoms with Gasteiger partial charge in [0.05, 0.1) is 6.04 Å². The third kappa shape index (κ3) is 2.81. The van der Waals surface area contributed by atoms with Crippen LogP contribution in [0.4, 0.5) is 0 Å². The molecule has 0 aliphatic rings. The van der Waals surface area contributed by atoms with Gasteiger partial charge < -0.3 is 5.73 Å². The summed E-state index contributed by atoms with van der Waals surface area (Å²) in [7, 11) is 0. The lowest BCUT2D eigenvalue weighted by Crippen LogP contribution is -2.13. The van der Waals surface area contributed by atoms with Gasteiger partial charge in [-0.3, -0.25) is 0 Å². The van der Waals surface area contributed by atoms with Crippen molar-refractivity contribution in [3.8, 4) is 0 Å². The zero-order chi connectivity index (χ0) is 13.3. The van der Waals surface area contributed by atoms with Crippen LogP contribution >= 0.6 is 34.8 Å². The Hall–Kier alpha value is -0.730. The average molecular weight is 301 g/mol. The largest absolute Gasteiger partial charge is 0.320 e. The Balaban J connectivity index is 2.47. The minimum absolute atomic E-state index is 0.312. The topological polar surface area (TPSA) is 26.0 Å². The van der Waals surface area contributed by atoms with Gasteiger partial charge in [-0.15, -0.1) is 0 Å². The molecular formula is C14H12Cl3N. The Kier molecular flexibility index (Phi) is 4.18. The van der Waals surface area contributed by atoms with E-state index in [9.17, 15) is 0 Å². The van der Waals surface area contributed by atoms with Crippen LogP contribution in [0, 0.1) is 6.92 Å². The maximum atomic E-state index is 6.25. The van der Waals surface area contributed by atoms with Crippen molar-refractivity contribution in [1.29, 1.82) is 0 Å². The standard InChI is InChI=1S/C14H12Cl3N/c1-8-2-3-9(15)6-12(8)14(18)11-5-4-10(16)7-13(11)17/h2-7,14H,18H2,1H3. The summed E-state index contributed by atoms with van der Waals surface area (Å²) in [6.45, 7) is 2.00. The first-order valence-corrected chi connectivity index (χ1v) is 6.59. The van der Waals surface area contributed by atoms with Crippen molar-refractivity contribution < 1.29 is 0 Å². The highest BCUT2D eigenvalue weighted by Gasteiger charge is 2.15. The van der Waals surface area contributed by atoms with E-state index < -0.39 is 0 Å². The fraction of sp³-hybridized carbons (Fsp3) is 0.143. The molecule has 2 rings (SSSR count). The molecule has 4 heteroatoms. The third-order valence-corrected chi connectivity index (χ3v) is 3.67. The summed E-state index contributed by atoms with van der Waals surface area (Å²) in [5, 5.41) is 1.82. The molecule has 0 spiro atoms. The Morgan fingerprint density at radius 1 is 0.889 bits per heavy atom. The van der Waals surface area contributed by atoms with Gasteiger partial charge in [-0.05, 0) is 47.9 Å². The monoisotopic (exact) mass is 299 g/mol. The van der Waals surface area contributed by atoms with Gasteiger partial charge in [0.1, 0.15) is 0 Å². The highest BCUT2D eigenvalue weighted by Crippen LogP contribution is 2.31. The van der Waals surface area contributed by atoms with E-state index in [0.717, 1.165) is 16.7 Å². The normalized spacial score (nSPS) is 12.5. The first kappa shape index (κ1) is 13.7. The smallest absolute Gasteiger partial charge is 0.0569 e. The number of aryl methyl sites for hydroxylation is 1. The van der Waals surface area contributed by atoms with Gasteiger partial charge in [0.2, 0.25) is 0 Å². The third-order valence-electron chi connectivity index (χ3n) is 2.87. The zero-order valence-electron chi connectivity index (χ0n) is 9.75. The van der Waals surface area contributed by atoms with Crippen molar-refractivity contribution in [2.75, 3.05) is 0 Å². The Morgan fingerprint density at radius 2 is 1.50 bits per heavy atom. The van der Waals surface area contributed by atoms with E-state index in [0.29, 0.717) is 15.1 Å². The zero-order valence-corrected chi connectivity index (χ0v) is 12.0. The summed E-state index contributed by atoms with van der Waals surface area (Å²) in [6.07, 6.45) is 0. The summed E-state index contributed by atoms with van der Waals surface area (Å²) in [5.74, 6) is 0. The van der Waals surface area contributed by atoms with Crippen LogP contribution in [0.5, 0.6) is 0 Å². The predicted molar refractivity (Wildman–Crippen MR) is 78.7 cm³/mol. The minimum Gasteiger partial charge on any atom is -0.320 e. The van der Waals surface area contributed by atoms with Gasteiger partial charge in [-0.1, -0.05) is 46.9 Å². The fourth-order valence-corrected chi connectivity index (χ4v) is 2.57. The van der Waals surface area contributed by atoms with Gasteiger partial charge in [0, 0.05) is 15.1 Å². The van der Waals surface area contributed by atoms with Gasteiger partial charge in [-0.25, -0.2) is 0 Å². The van der Waals surface area contributed by atoms with E-state index in [1.165, 1.54) is 0 Å². The lowest BCUT2D eigenvalue weighted by molar-refractivity contribution is 0.862. The summed E-state index contributed by atoms with van der Waals surface area (Å²) >= 11 is 18.1. The van der Waals surface area contributed by atoms with Crippen LogP contribution in [0.15, 0.2) is 36.4 Å². The number of hydrogen-bond acceptors (Lipinski definition) is 1. The number of hydrogen-bond donors (Lipinski definition) is 1. The molecule has 0 aliphatic carbocycles. The minimum atomic E-state index is -0.312. The van der Waals surface area contributed by atoms with Crippen molar-refractivity contribution in [3.05, 3.63) is 68.2 Å². The first-order valence-electron chi connectivity index (χ1n) is 5.45. The molecular weight excluding hydrogens is 289 g/mol. The molecule has 0 saturated heterocycles. The van der Waals surface area contributed by atoms with Gasteiger partial charge in [0.15, 0.2) is 0 Å². The quantitative estimate of drug-likeness (QED) is 0.829. The molecule has 2 aromatic carbocycles. The van der Waals surface area contributed by atoms with Crippen molar-refractivity contribution in [2.45, 2.75) is 13.0 Å². The van der Waals surface area contributed by atoms with Crippen molar-refractivity contribution in [2.24, 2.45) is 5.73 Å². The maximum absolute atomic E-state index is 6.25. The summed E-state index contributed by atoms with van der Waals surface area (Å²) in [5.41, 5.74) is 9.14. The van der Waals surface area contributed by atoms with Crippen molar-refractivity contribution in [1.82, 2.24) is 0 Å². The summed E-state index contributed by atoms with van der Waals surface area (Å²) in [4.78, 5) is 0. The van der Waals surface area contributed by atoms with Crippen LogP contribution in [0.3, 0.4) is 0 Å². The van der Waals surface area contributed by atoms with E-state index in [2.05, 4.69) is 0 Å². The fourth-order valence-electron chi connectivity index (χ4n) is 1.87. The molecule has 0 fully saturated rings. The highest BCUT2D eigenvalue weighted by molar-refractivity contribution is 6.35. The van der Waals surface area contributed by atoms with Crippen LogP contribution in [-0.2, 0) is 0 Å². The van der Waals surface area contributed by atoms with Crippen molar-refractivity contribution >= 4 is 34.8 Å². The number of nitrogens with two attached hydrogens (primary N) is 1. The van der Waals surface area contributed by atoms with Crippen LogP contribution < -0.4 is 5.73 Å².